The van der Waals surface area contributed by atoms with E-state index >= 15 is 0 Å². The van der Waals surface area contributed by atoms with Gasteiger partial charge in [-0.2, -0.15) is 0 Å². The molecular formula is C22H30N4O3. The molecule has 0 atom stereocenters. The van der Waals surface area contributed by atoms with Gasteiger partial charge >= 0.3 is 0 Å². The Morgan fingerprint density at radius 3 is 2.72 bits per heavy atom. The first kappa shape index (κ1) is 21.2. The average molecular weight is 399 g/mol. The summed E-state index contributed by atoms with van der Waals surface area (Å²) in [5.74, 6) is 0.354. The molecule has 0 unspecified atom stereocenters. The Morgan fingerprint density at radius 1 is 1.28 bits per heavy atom. The van der Waals surface area contributed by atoms with Crippen LogP contribution in [0, 0.1) is 0 Å². The predicted octanol–water partition coefficient (Wildman–Crippen LogP) is 2.01. The van der Waals surface area contributed by atoms with E-state index in [4.69, 9.17) is 15.6 Å². The fourth-order valence-electron chi connectivity index (χ4n) is 3.75. The van der Waals surface area contributed by atoms with Crippen molar-refractivity contribution in [3.05, 3.63) is 47.2 Å². The molecule has 1 aliphatic heterocycles. The molecule has 1 saturated heterocycles. The minimum absolute atomic E-state index is 0.125. The van der Waals surface area contributed by atoms with Gasteiger partial charge in [0.2, 0.25) is 0 Å². The molecule has 0 saturated carbocycles. The molecule has 0 bridgehead atoms. The number of ether oxygens (including phenoxy) is 1. The number of aliphatic hydroxyl groups excluding tert-OH is 1. The first-order valence-corrected chi connectivity index (χ1v) is 10.00. The first-order valence-electron chi connectivity index (χ1n) is 10.00. The second-order valence-electron chi connectivity index (χ2n) is 7.67. The van der Waals surface area contributed by atoms with Gasteiger partial charge in [0.15, 0.2) is 0 Å². The zero-order chi connectivity index (χ0) is 20.8. The summed E-state index contributed by atoms with van der Waals surface area (Å²) in [5.41, 5.74) is 10.7. The SMILES string of the molecule is CN(C)Cc1cc(-c2cnc(N)c(C(=O)NCCO)c2)ccc1C1CCOCC1. The Balaban J connectivity index is 1.94. The highest BCUT2D eigenvalue weighted by molar-refractivity contribution is 5.99. The Kier molecular flexibility index (Phi) is 7.19. The van der Waals surface area contributed by atoms with Crippen molar-refractivity contribution >= 4 is 11.7 Å². The van der Waals surface area contributed by atoms with Crippen LogP contribution >= 0.6 is 0 Å². The van der Waals surface area contributed by atoms with Crippen LogP contribution in [0.2, 0.25) is 0 Å². The van der Waals surface area contributed by atoms with Gasteiger partial charge < -0.3 is 25.8 Å². The molecule has 1 amide bonds. The van der Waals surface area contributed by atoms with Crippen LogP contribution in [0.25, 0.3) is 11.1 Å². The maximum atomic E-state index is 12.3. The van der Waals surface area contributed by atoms with Gasteiger partial charge in [0, 0.05) is 38.1 Å². The predicted molar refractivity (Wildman–Crippen MR) is 114 cm³/mol. The van der Waals surface area contributed by atoms with E-state index in [1.54, 1.807) is 12.3 Å². The van der Waals surface area contributed by atoms with E-state index in [1.165, 1.54) is 11.1 Å². The van der Waals surface area contributed by atoms with Crippen LogP contribution in [0.15, 0.2) is 30.5 Å². The molecule has 2 aromatic rings. The number of aliphatic hydroxyl groups is 1. The number of benzene rings is 1. The van der Waals surface area contributed by atoms with E-state index in [-0.39, 0.29) is 24.9 Å². The highest BCUT2D eigenvalue weighted by Gasteiger charge is 2.20. The normalized spacial score (nSPS) is 14.9. The van der Waals surface area contributed by atoms with E-state index < -0.39 is 0 Å². The molecule has 0 aliphatic carbocycles. The summed E-state index contributed by atoms with van der Waals surface area (Å²) in [5, 5.41) is 11.6. The van der Waals surface area contributed by atoms with Crippen molar-refractivity contribution in [3.8, 4) is 11.1 Å². The summed E-state index contributed by atoms with van der Waals surface area (Å²) in [6.07, 6.45) is 3.78. The van der Waals surface area contributed by atoms with Gasteiger partial charge in [0.25, 0.3) is 5.91 Å². The maximum absolute atomic E-state index is 12.3. The Bertz CT molecular complexity index is 848. The number of nitrogen functional groups attached to an aromatic ring is 1. The Morgan fingerprint density at radius 2 is 2.03 bits per heavy atom. The standard InChI is InChI=1S/C22H30N4O3/c1-26(2)14-18-11-16(3-4-19(18)15-5-9-29-10-6-15)17-12-20(21(23)25-13-17)22(28)24-7-8-27/h3-4,11-13,15,27H,5-10,14H2,1-2H3,(H2,23,25)(H,24,28). The minimum atomic E-state index is -0.335. The second kappa shape index (κ2) is 9.82. The van der Waals surface area contributed by atoms with Crippen LogP contribution < -0.4 is 11.1 Å². The topological polar surface area (TPSA) is 101 Å². The zero-order valence-corrected chi connectivity index (χ0v) is 17.1. The van der Waals surface area contributed by atoms with E-state index in [9.17, 15) is 4.79 Å². The largest absolute Gasteiger partial charge is 0.395 e. The molecule has 1 aromatic carbocycles. The summed E-state index contributed by atoms with van der Waals surface area (Å²) >= 11 is 0. The Labute approximate surface area is 171 Å². The fourth-order valence-corrected chi connectivity index (χ4v) is 3.75. The van der Waals surface area contributed by atoms with Gasteiger partial charge in [0.05, 0.1) is 12.2 Å². The highest BCUT2D eigenvalue weighted by atomic mass is 16.5. The number of aromatic nitrogens is 1. The molecule has 7 heteroatoms. The average Bonchev–Trinajstić information content (AvgIpc) is 2.72. The molecule has 0 radical (unpaired) electrons. The lowest BCUT2D eigenvalue weighted by molar-refractivity contribution is 0.0850. The van der Waals surface area contributed by atoms with Crippen LogP contribution in [0.5, 0.6) is 0 Å². The smallest absolute Gasteiger partial charge is 0.255 e. The Hall–Kier alpha value is -2.48. The number of rotatable bonds is 7. The number of amides is 1. The molecule has 1 aliphatic rings. The van der Waals surface area contributed by atoms with Gasteiger partial charge in [0.1, 0.15) is 5.82 Å². The molecule has 7 nitrogen and oxygen atoms in total. The van der Waals surface area contributed by atoms with Gasteiger partial charge in [-0.3, -0.25) is 4.79 Å². The van der Waals surface area contributed by atoms with E-state index in [2.05, 4.69) is 47.5 Å². The van der Waals surface area contributed by atoms with Crippen LogP contribution in [-0.2, 0) is 11.3 Å². The third-order valence-electron chi connectivity index (χ3n) is 5.18. The lowest BCUT2D eigenvalue weighted by Crippen LogP contribution is -2.27. The van der Waals surface area contributed by atoms with Crippen molar-refractivity contribution in [1.82, 2.24) is 15.2 Å². The number of carbonyl (C=O) groups is 1. The molecule has 2 heterocycles. The molecule has 156 valence electrons. The number of hydrogen-bond acceptors (Lipinski definition) is 6. The maximum Gasteiger partial charge on any atom is 0.255 e. The van der Waals surface area contributed by atoms with Gasteiger partial charge in [-0.1, -0.05) is 12.1 Å². The molecule has 1 aromatic heterocycles. The zero-order valence-electron chi connectivity index (χ0n) is 17.1. The second-order valence-corrected chi connectivity index (χ2v) is 7.67. The van der Waals surface area contributed by atoms with Crippen LogP contribution in [0.1, 0.15) is 40.2 Å². The number of nitrogens with zero attached hydrogens (tertiary/aromatic N) is 2. The summed E-state index contributed by atoms with van der Waals surface area (Å²) in [4.78, 5) is 18.7. The summed E-state index contributed by atoms with van der Waals surface area (Å²) in [7, 11) is 4.13. The molecule has 4 N–H and O–H groups in total. The monoisotopic (exact) mass is 398 g/mol. The number of nitrogens with one attached hydrogen (secondary N) is 1. The minimum Gasteiger partial charge on any atom is -0.395 e. The van der Waals surface area contributed by atoms with E-state index in [0.717, 1.165) is 43.7 Å². The third-order valence-corrected chi connectivity index (χ3v) is 5.18. The molecule has 0 spiro atoms. The van der Waals surface area contributed by atoms with Crippen molar-refractivity contribution in [2.24, 2.45) is 0 Å². The highest BCUT2D eigenvalue weighted by Crippen LogP contribution is 2.33. The van der Waals surface area contributed by atoms with E-state index in [0.29, 0.717) is 11.5 Å². The van der Waals surface area contributed by atoms with Crippen molar-refractivity contribution in [3.63, 3.8) is 0 Å². The summed E-state index contributed by atoms with van der Waals surface area (Å²) in [6.45, 7) is 2.51. The van der Waals surface area contributed by atoms with Crippen molar-refractivity contribution in [2.75, 3.05) is 46.2 Å². The van der Waals surface area contributed by atoms with Gasteiger partial charge in [-0.15, -0.1) is 0 Å². The number of anilines is 1. The third kappa shape index (κ3) is 5.32. The molecule has 1 fully saturated rings. The quantitative estimate of drug-likeness (QED) is 0.660. The first-order chi connectivity index (χ1) is 14.0. The summed E-state index contributed by atoms with van der Waals surface area (Å²) < 4.78 is 5.53. The number of pyridine rings is 1. The fraction of sp³-hybridized carbons (Fsp3) is 0.455. The lowest BCUT2D eigenvalue weighted by Gasteiger charge is -2.26. The lowest BCUT2D eigenvalue weighted by atomic mass is 9.86. The van der Waals surface area contributed by atoms with Crippen molar-refractivity contribution < 1.29 is 14.6 Å². The van der Waals surface area contributed by atoms with Gasteiger partial charge in [-0.05, 0) is 61.7 Å². The van der Waals surface area contributed by atoms with Gasteiger partial charge in [-0.25, -0.2) is 4.98 Å². The molecule has 3 rings (SSSR count). The van der Waals surface area contributed by atoms with Crippen LogP contribution in [0.4, 0.5) is 5.82 Å². The van der Waals surface area contributed by atoms with Crippen LogP contribution in [0.3, 0.4) is 0 Å². The van der Waals surface area contributed by atoms with Crippen LogP contribution in [-0.4, -0.2) is 61.4 Å². The summed E-state index contributed by atoms with van der Waals surface area (Å²) in [6, 6.07) is 8.24. The van der Waals surface area contributed by atoms with Crippen molar-refractivity contribution in [2.45, 2.75) is 25.3 Å². The molecular weight excluding hydrogens is 368 g/mol. The van der Waals surface area contributed by atoms with Crippen molar-refractivity contribution in [1.29, 1.82) is 0 Å². The molecule has 29 heavy (non-hydrogen) atoms. The number of hydrogen-bond donors (Lipinski definition) is 3. The van der Waals surface area contributed by atoms with E-state index in [1.807, 2.05) is 0 Å². The number of carbonyl (C=O) groups excluding carboxylic acids is 1. The number of nitrogens with two attached hydrogens (primary N) is 1.